The van der Waals surface area contributed by atoms with Gasteiger partial charge in [0.1, 0.15) is 18.0 Å². The molecule has 3 aromatic rings. The summed E-state index contributed by atoms with van der Waals surface area (Å²) in [7, 11) is 0. The monoisotopic (exact) mass is 224 g/mol. The largest absolute Gasteiger partial charge is 0.307 e. The molecule has 17 heavy (non-hydrogen) atoms. The summed E-state index contributed by atoms with van der Waals surface area (Å²) in [6, 6.07) is 7.71. The number of hydrogen-bond acceptors (Lipinski definition) is 4. The lowest BCUT2D eigenvalue weighted by Gasteiger charge is -1.93. The first-order valence-corrected chi connectivity index (χ1v) is 5.07. The normalized spacial score (nSPS) is 10.5. The standard InChI is InChI=1S/C11H8N6/c12-5-10-13-8-17(15-10)7-9-6-16-4-2-1-3-11(16)14-9/h1-4,6,8H,7H2. The van der Waals surface area contributed by atoms with E-state index in [1.807, 2.05) is 41.1 Å². The van der Waals surface area contributed by atoms with Crippen LogP contribution < -0.4 is 0 Å². The Morgan fingerprint density at radius 1 is 1.35 bits per heavy atom. The lowest BCUT2D eigenvalue weighted by molar-refractivity contribution is 0.671. The maximum atomic E-state index is 8.62. The van der Waals surface area contributed by atoms with Gasteiger partial charge in [0, 0.05) is 12.4 Å². The van der Waals surface area contributed by atoms with Crippen molar-refractivity contribution in [3.63, 3.8) is 0 Å². The fourth-order valence-corrected chi connectivity index (χ4v) is 1.65. The Morgan fingerprint density at radius 2 is 2.29 bits per heavy atom. The van der Waals surface area contributed by atoms with Crippen molar-refractivity contribution in [1.82, 2.24) is 24.1 Å². The van der Waals surface area contributed by atoms with E-state index in [0.29, 0.717) is 6.54 Å². The van der Waals surface area contributed by atoms with E-state index in [2.05, 4.69) is 15.1 Å². The first-order valence-electron chi connectivity index (χ1n) is 5.07. The third kappa shape index (κ3) is 1.74. The van der Waals surface area contributed by atoms with Crippen molar-refractivity contribution >= 4 is 5.65 Å². The summed E-state index contributed by atoms with van der Waals surface area (Å²) >= 11 is 0. The fourth-order valence-electron chi connectivity index (χ4n) is 1.65. The molecular weight excluding hydrogens is 216 g/mol. The summed E-state index contributed by atoms with van der Waals surface area (Å²) in [4.78, 5) is 8.28. The molecule has 0 aliphatic carbocycles. The summed E-state index contributed by atoms with van der Waals surface area (Å²) in [5.41, 5.74) is 1.77. The second-order valence-electron chi connectivity index (χ2n) is 3.58. The van der Waals surface area contributed by atoms with Gasteiger partial charge in [-0.05, 0) is 12.1 Å². The zero-order chi connectivity index (χ0) is 11.7. The van der Waals surface area contributed by atoms with Crippen molar-refractivity contribution in [3.05, 3.63) is 48.4 Å². The molecule has 3 heterocycles. The Bertz CT molecular complexity index is 669. The average Bonchev–Trinajstić information content (AvgIpc) is 2.94. The highest BCUT2D eigenvalue weighted by molar-refractivity contribution is 5.39. The highest BCUT2D eigenvalue weighted by atomic mass is 15.3. The van der Waals surface area contributed by atoms with Crippen molar-refractivity contribution in [2.45, 2.75) is 6.54 Å². The number of aromatic nitrogens is 5. The Morgan fingerprint density at radius 3 is 3.06 bits per heavy atom. The van der Waals surface area contributed by atoms with E-state index in [9.17, 15) is 0 Å². The zero-order valence-corrected chi connectivity index (χ0v) is 8.85. The van der Waals surface area contributed by atoms with Crippen molar-refractivity contribution in [2.75, 3.05) is 0 Å². The number of rotatable bonds is 2. The number of imidazole rings is 1. The summed E-state index contributed by atoms with van der Waals surface area (Å²) in [5, 5.41) is 12.6. The fraction of sp³-hybridized carbons (Fsp3) is 0.0909. The van der Waals surface area contributed by atoms with Gasteiger partial charge >= 0.3 is 0 Å². The van der Waals surface area contributed by atoms with Gasteiger partial charge in [-0.15, -0.1) is 5.10 Å². The van der Waals surface area contributed by atoms with Crippen molar-refractivity contribution in [3.8, 4) is 6.07 Å². The van der Waals surface area contributed by atoms with Crippen LogP contribution in [0.25, 0.3) is 5.65 Å². The number of fused-ring (bicyclic) bond motifs is 1. The smallest absolute Gasteiger partial charge is 0.252 e. The molecule has 0 N–H and O–H groups in total. The van der Waals surface area contributed by atoms with Gasteiger partial charge in [-0.2, -0.15) is 5.26 Å². The molecule has 0 aliphatic rings. The molecule has 6 nitrogen and oxygen atoms in total. The van der Waals surface area contributed by atoms with Crippen LogP contribution in [0.2, 0.25) is 0 Å². The summed E-state index contributed by atoms with van der Waals surface area (Å²) in [6.45, 7) is 0.510. The Hall–Kier alpha value is -2.68. The van der Waals surface area contributed by atoms with Crippen LogP contribution in [0.1, 0.15) is 11.5 Å². The first kappa shape index (κ1) is 9.54. The lowest BCUT2D eigenvalue weighted by atomic mass is 10.5. The predicted octanol–water partition coefficient (Wildman–Crippen LogP) is 0.846. The molecule has 0 unspecified atom stereocenters. The number of nitrogens with zero attached hydrogens (tertiary/aromatic N) is 6. The van der Waals surface area contributed by atoms with Gasteiger partial charge in [0.25, 0.3) is 5.82 Å². The molecule has 0 amide bonds. The van der Waals surface area contributed by atoms with Crippen molar-refractivity contribution < 1.29 is 0 Å². The second kappa shape index (κ2) is 3.72. The molecule has 0 bridgehead atoms. The molecule has 82 valence electrons. The molecule has 0 radical (unpaired) electrons. The molecule has 0 fully saturated rings. The molecule has 0 saturated carbocycles. The summed E-state index contributed by atoms with van der Waals surface area (Å²) < 4.78 is 3.54. The predicted molar refractivity (Wildman–Crippen MR) is 59.0 cm³/mol. The SMILES string of the molecule is N#Cc1ncn(Cc2cn3ccccc3n2)n1. The molecule has 6 heteroatoms. The highest BCUT2D eigenvalue weighted by Crippen LogP contribution is 2.05. The quantitative estimate of drug-likeness (QED) is 0.646. The van der Waals surface area contributed by atoms with Crippen LogP contribution in [-0.4, -0.2) is 24.1 Å². The van der Waals surface area contributed by atoms with E-state index in [-0.39, 0.29) is 5.82 Å². The molecular formula is C11H8N6. The number of pyridine rings is 1. The molecule has 0 aliphatic heterocycles. The molecule has 0 atom stereocenters. The zero-order valence-electron chi connectivity index (χ0n) is 8.85. The average molecular weight is 224 g/mol. The van der Waals surface area contributed by atoms with Gasteiger partial charge in [0.2, 0.25) is 0 Å². The molecule has 0 spiro atoms. The molecule has 0 aromatic carbocycles. The van der Waals surface area contributed by atoms with Crippen LogP contribution in [0.3, 0.4) is 0 Å². The van der Waals surface area contributed by atoms with Gasteiger partial charge in [-0.3, -0.25) is 0 Å². The second-order valence-corrected chi connectivity index (χ2v) is 3.58. The minimum Gasteiger partial charge on any atom is -0.307 e. The van der Waals surface area contributed by atoms with Crippen LogP contribution in [0.5, 0.6) is 0 Å². The Kier molecular flexibility index (Phi) is 2.09. The van der Waals surface area contributed by atoms with E-state index >= 15 is 0 Å². The number of nitriles is 1. The third-order valence-electron chi connectivity index (χ3n) is 2.37. The van der Waals surface area contributed by atoms with E-state index in [4.69, 9.17) is 5.26 Å². The maximum absolute atomic E-state index is 8.62. The van der Waals surface area contributed by atoms with Crippen LogP contribution in [-0.2, 0) is 6.54 Å². The lowest BCUT2D eigenvalue weighted by Crippen LogP contribution is -2.00. The minimum absolute atomic E-state index is 0.175. The maximum Gasteiger partial charge on any atom is 0.252 e. The van der Waals surface area contributed by atoms with Crippen molar-refractivity contribution in [2.24, 2.45) is 0 Å². The van der Waals surface area contributed by atoms with Crippen LogP contribution in [0, 0.1) is 11.3 Å². The van der Waals surface area contributed by atoms with Gasteiger partial charge in [-0.1, -0.05) is 6.07 Å². The minimum atomic E-state index is 0.175. The number of hydrogen-bond donors (Lipinski definition) is 0. The van der Waals surface area contributed by atoms with Crippen molar-refractivity contribution in [1.29, 1.82) is 5.26 Å². The van der Waals surface area contributed by atoms with E-state index in [1.54, 1.807) is 4.68 Å². The third-order valence-corrected chi connectivity index (χ3v) is 2.37. The van der Waals surface area contributed by atoms with Gasteiger partial charge in [0.05, 0.1) is 12.2 Å². The molecule has 0 saturated heterocycles. The van der Waals surface area contributed by atoms with Gasteiger partial charge < -0.3 is 4.40 Å². The van der Waals surface area contributed by atoms with Gasteiger partial charge in [0.15, 0.2) is 0 Å². The van der Waals surface area contributed by atoms with E-state index < -0.39 is 0 Å². The van der Waals surface area contributed by atoms with Crippen LogP contribution in [0.4, 0.5) is 0 Å². The summed E-state index contributed by atoms with van der Waals surface area (Å²) in [6.07, 6.45) is 5.40. The Labute approximate surface area is 96.8 Å². The summed E-state index contributed by atoms with van der Waals surface area (Å²) in [5.74, 6) is 0.175. The van der Waals surface area contributed by atoms with E-state index in [0.717, 1.165) is 11.3 Å². The Balaban J connectivity index is 1.92. The molecule has 3 rings (SSSR count). The highest BCUT2D eigenvalue weighted by Gasteiger charge is 2.04. The topological polar surface area (TPSA) is 71.8 Å². The first-order chi connectivity index (χ1) is 8.35. The van der Waals surface area contributed by atoms with Crippen LogP contribution >= 0.6 is 0 Å². The van der Waals surface area contributed by atoms with Crippen LogP contribution in [0.15, 0.2) is 36.9 Å². The van der Waals surface area contributed by atoms with Gasteiger partial charge in [-0.25, -0.2) is 14.6 Å². The molecule has 3 aromatic heterocycles. The van der Waals surface area contributed by atoms with E-state index in [1.165, 1.54) is 6.33 Å².